The second-order valence-corrected chi connectivity index (χ2v) is 9.76. The molecule has 0 bridgehead atoms. The summed E-state index contributed by atoms with van der Waals surface area (Å²) in [7, 11) is -3.67. The van der Waals surface area contributed by atoms with Crippen LogP contribution in [0.25, 0.3) is 0 Å². The number of hydrogen-bond acceptors (Lipinski definition) is 5. The topological polar surface area (TPSA) is 69.6 Å². The van der Waals surface area contributed by atoms with Crippen LogP contribution < -0.4 is 5.32 Å². The zero-order valence-electron chi connectivity index (χ0n) is 15.4. The van der Waals surface area contributed by atoms with Gasteiger partial charge in [-0.25, -0.2) is 4.39 Å². The lowest BCUT2D eigenvalue weighted by molar-refractivity contribution is 0.170. The van der Waals surface area contributed by atoms with Gasteiger partial charge in [-0.2, -0.15) is 8.42 Å². The lowest BCUT2D eigenvalue weighted by Gasteiger charge is -2.35. The van der Waals surface area contributed by atoms with E-state index >= 15 is 0 Å². The minimum atomic E-state index is -3.67. The quantitative estimate of drug-likeness (QED) is 0.654. The van der Waals surface area contributed by atoms with Gasteiger partial charge in [-0.1, -0.05) is 29.4 Å². The van der Waals surface area contributed by atoms with Crippen molar-refractivity contribution in [1.82, 2.24) is 10.2 Å². The summed E-state index contributed by atoms with van der Waals surface area (Å²) in [6, 6.07) is 11.5. The Kier molecular flexibility index (Phi) is 7.01. The molecule has 2 aromatic rings. The summed E-state index contributed by atoms with van der Waals surface area (Å²) in [5, 5.41) is 4.17. The fourth-order valence-electron chi connectivity index (χ4n) is 3.44. The summed E-state index contributed by atoms with van der Waals surface area (Å²) in [5.41, 5.74) is 2.48. The molecule has 2 heterocycles. The molecule has 0 radical (unpaired) electrons. The van der Waals surface area contributed by atoms with Gasteiger partial charge in [0.05, 0.1) is 6.26 Å². The Morgan fingerprint density at radius 3 is 2.54 bits per heavy atom. The normalized spacial score (nSPS) is 19.6. The maximum atomic E-state index is 13.8. The van der Waals surface area contributed by atoms with Crippen molar-refractivity contribution in [2.24, 2.45) is 0 Å². The van der Waals surface area contributed by atoms with Crippen molar-refractivity contribution < 1.29 is 17.4 Å². The average Bonchev–Trinajstić information content (AvgIpc) is 2.77. The summed E-state index contributed by atoms with van der Waals surface area (Å²) in [6.07, 6.45) is 1.63. The first-order valence-corrected chi connectivity index (χ1v) is 11.9. The smallest absolute Gasteiger partial charge is 0.261 e. The fourth-order valence-corrected chi connectivity index (χ4v) is 4.77. The first-order valence-electron chi connectivity index (χ1n) is 8.83. The molecule has 1 unspecified atom stereocenters. The van der Waals surface area contributed by atoms with Gasteiger partial charge in [-0.05, 0) is 47.9 Å². The molecule has 0 aliphatic carbocycles. The number of rotatable bonds is 1. The van der Waals surface area contributed by atoms with Crippen molar-refractivity contribution in [3.05, 3.63) is 58.4 Å². The number of benzene rings is 2. The molecule has 9 heteroatoms. The molecule has 152 valence electrons. The maximum Gasteiger partial charge on any atom is 0.261 e. The van der Waals surface area contributed by atoms with E-state index in [1.165, 1.54) is 16.0 Å². The lowest BCUT2D eigenvalue weighted by Crippen LogP contribution is -2.45. The highest BCUT2D eigenvalue weighted by atomic mass is 35.5. The van der Waals surface area contributed by atoms with Gasteiger partial charge in [0.2, 0.25) is 0 Å². The maximum absolute atomic E-state index is 13.8. The summed E-state index contributed by atoms with van der Waals surface area (Å²) in [4.78, 5) is 4.71. The molecule has 2 aromatic carbocycles. The molecule has 1 atom stereocenters. The van der Waals surface area contributed by atoms with Gasteiger partial charge in [0, 0.05) is 47.0 Å². The van der Waals surface area contributed by atoms with Crippen LogP contribution in [0.2, 0.25) is 5.02 Å². The van der Waals surface area contributed by atoms with Gasteiger partial charge in [0.15, 0.2) is 0 Å². The Hall–Kier alpha value is -1.16. The monoisotopic (exact) mass is 444 g/mol. The molecule has 5 nitrogen and oxygen atoms in total. The number of nitrogens with one attached hydrogen (secondary N) is 1. The Morgan fingerprint density at radius 1 is 1.18 bits per heavy atom. The van der Waals surface area contributed by atoms with E-state index in [1.54, 1.807) is 23.9 Å². The van der Waals surface area contributed by atoms with Crippen molar-refractivity contribution in [2.45, 2.75) is 22.3 Å². The third-order valence-corrected chi connectivity index (χ3v) is 6.01. The standard InChI is InChI=1S/C18H18ClFN2S.CH4O3S/c19-13-1-4-17-12(9-13)10-16(22-7-5-21-6-8-22)15-3-2-14(20)11-18(15)23-17;1-5(2,3)4/h1-4,9,11,16,21H,5-8,10H2;1H3,(H,2,3,4). The van der Waals surface area contributed by atoms with Gasteiger partial charge in [-0.3, -0.25) is 9.45 Å². The Labute approximate surface area is 174 Å². The highest BCUT2D eigenvalue weighted by Gasteiger charge is 2.28. The van der Waals surface area contributed by atoms with Crippen LogP contribution in [0.1, 0.15) is 17.2 Å². The van der Waals surface area contributed by atoms with E-state index in [4.69, 9.17) is 16.2 Å². The molecule has 0 saturated carbocycles. The molecule has 2 aliphatic heterocycles. The van der Waals surface area contributed by atoms with E-state index < -0.39 is 10.1 Å². The van der Waals surface area contributed by atoms with Gasteiger partial charge in [0.1, 0.15) is 5.82 Å². The average molecular weight is 445 g/mol. The predicted molar refractivity (Wildman–Crippen MR) is 110 cm³/mol. The fraction of sp³-hybridized carbons (Fsp3) is 0.368. The Balaban J connectivity index is 0.000000403. The second kappa shape index (κ2) is 9.11. The third-order valence-electron chi connectivity index (χ3n) is 4.58. The van der Waals surface area contributed by atoms with E-state index in [9.17, 15) is 12.8 Å². The molecular formula is C19H22ClFN2O3S2. The number of fused-ring (bicyclic) bond motifs is 2. The SMILES string of the molecule is CS(=O)(=O)O.Fc1ccc2c(c1)Sc1ccc(Cl)cc1CC2N1CCNCC1. The Bertz CT molecular complexity index is 942. The summed E-state index contributed by atoms with van der Waals surface area (Å²) >= 11 is 7.86. The van der Waals surface area contributed by atoms with E-state index in [0.29, 0.717) is 6.26 Å². The molecule has 2 N–H and O–H groups in total. The van der Waals surface area contributed by atoms with E-state index in [1.807, 2.05) is 12.1 Å². The largest absolute Gasteiger partial charge is 0.314 e. The zero-order chi connectivity index (χ0) is 20.3. The lowest BCUT2D eigenvalue weighted by atomic mass is 9.96. The molecule has 28 heavy (non-hydrogen) atoms. The molecular weight excluding hydrogens is 423 g/mol. The molecule has 2 aliphatic rings. The third kappa shape index (κ3) is 5.92. The van der Waals surface area contributed by atoms with Crippen molar-refractivity contribution in [2.75, 3.05) is 32.4 Å². The van der Waals surface area contributed by atoms with Crippen LogP contribution in [0.3, 0.4) is 0 Å². The van der Waals surface area contributed by atoms with Gasteiger partial charge in [0.25, 0.3) is 10.1 Å². The van der Waals surface area contributed by atoms with Crippen molar-refractivity contribution in [3.63, 3.8) is 0 Å². The Morgan fingerprint density at radius 2 is 1.86 bits per heavy atom. The van der Waals surface area contributed by atoms with E-state index in [-0.39, 0.29) is 11.9 Å². The molecule has 1 saturated heterocycles. The van der Waals surface area contributed by atoms with Crippen molar-refractivity contribution in [1.29, 1.82) is 0 Å². The number of nitrogens with zero attached hydrogens (tertiary/aromatic N) is 1. The van der Waals surface area contributed by atoms with Gasteiger partial charge >= 0.3 is 0 Å². The van der Waals surface area contributed by atoms with Crippen LogP contribution in [0.4, 0.5) is 4.39 Å². The van der Waals surface area contributed by atoms with Crippen LogP contribution >= 0.6 is 23.4 Å². The zero-order valence-corrected chi connectivity index (χ0v) is 17.7. The number of halogens is 2. The number of piperazine rings is 1. The van der Waals surface area contributed by atoms with E-state index in [2.05, 4.69) is 22.3 Å². The van der Waals surface area contributed by atoms with Crippen molar-refractivity contribution >= 4 is 33.5 Å². The number of hydrogen-bond donors (Lipinski definition) is 2. The molecule has 1 fully saturated rings. The van der Waals surface area contributed by atoms with Crippen LogP contribution in [0.15, 0.2) is 46.2 Å². The molecule has 0 spiro atoms. The molecule has 0 amide bonds. The molecule has 0 aromatic heterocycles. The second-order valence-electron chi connectivity index (χ2n) is 6.78. The van der Waals surface area contributed by atoms with Gasteiger partial charge in [-0.15, -0.1) is 0 Å². The highest BCUT2D eigenvalue weighted by molar-refractivity contribution is 7.99. The summed E-state index contributed by atoms with van der Waals surface area (Å²) < 4.78 is 39.6. The minimum absolute atomic E-state index is 0.173. The van der Waals surface area contributed by atoms with Crippen LogP contribution in [0, 0.1) is 5.82 Å². The predicted octanol–water partition coefficient (Wildman–Crippen LogP) is 3.64. The first-order chi connectivity index (χ1) is 13.2. The van der Waals surface area contributed by atoms with E-state index in [0.717, 1.165) is 42.5 Å². The van der Waals surface area contributed by atoms with Crippen LogP contribution in [-0.2, 0) is 16.5 Å². The summed E-state index contributed by atoms with van der Waals surface area (Å²) in [5.74, 6) is -0.173. The summed E-state index contributed by atoms with van der Waals surface area (Å²) in [6.45, 7) is 4.04. The minimum Gasteiger partial charge on any atom is -0.314 e. The molecule has 4 rings (SSSR count). The van der Waals surface area contributed by atoms with Crippen molar-refractivity contribution in [3.8, 4) is 0 Å². The first kappa shape index (κ1) is 21.5. The van der Waals surface area contributed by atoms with Gasteiger partial charge < -0.3 is 5.32 Å². The van der Waals surface area contributed by atoms with Crippen LogP contribution in [0.5, 0.6) is 0 Å². The highest BCUT2D eigenvalue weighted by Crippen LogP contribution is 2.43. The van der Waals surface area contributed by atoms with Crippen LogP contribution in [-0.4, -0.2) is 50.3 Å².